The smallest absolute Gasteiger partial charge is 0.342 e. The van der Waals surface area contributed by atoms with E-state index in [4.69, 9.17) is 4.74 Å². The number of rotatable bonds is 0. The van der Waals surface area contributed by atoms with E-state index in [1.54, 1.807) is 12.1 Å². The maximum absolute atomic E-state index is 11.6. The molecular weight excluding hydrogens is 206 g/mol. The minimum absolute atomic E-state index is 0.00503. The van der Waals surface area contributed by atoms with E-state index in [-0.39, 0.29) is 18.3 Å². The summed E-state index contributed by atoms with van der Waals surface area (Å²) in [6, 6.07) is 6.93. The molecule has 2 heterocycles. The zero-order chi connectivity index (χ0) is 11.3. The van der Waals surface area contributed by atoms with Crippen LogP contribution < -0.4 is 5.56 Å². The van der Waals surface area contributed by atoms with Gasteiger partial charge in [-0.25, -0.2) is 4.79 Å². The van der Waals surface area contributed by atoms with Crippen molar-refractivity contribution < 1.29 is 9.53 Å². The topological polar surface area (TPSA) is 48.3 Å². The van der Waals surface area contributed by atoms with Crippen molar-refractivity contribution >= 4 is 16.9 Å². The van der Waals surface area contributed by atoms with Gasteiger partial charge in [0.15, 0.2) is 6.73 Å². The highest BCUT2D eigenvalue weighted by atomic mass is 16.5. The third-order valence-corrected chi connectivity index (χ3v) is 2.77. The van der Waals surface area contributed by atoms with Crippen LogP contribution in [-0.4, -0.2) is 10.5 Å². The van der Waals surface area contributed by atoms with Crippen LogP contribution in [0.25, 0.3) is 10.9 Å². The van der Waals surface area contributed by atoms with Gasteiger partial charge in [0.05, 0.1) is 11.1 Å². The first-order valence-electron chi connectivity index (χ1n) is 4.98. The first-order chi connectivity index (χ1) is 7.66. The van der Waals surface area contributed by atoms with Crippen molar-refractivity contribution in [3.8, 4) is 0 Å². The fourth-order valence-corrected chi connectivity index (χ4v) is 2.08. The average molecular weight is 215 g/mol. The summed E-state index contributed by atoms with van der Waals surface area (Å²) < 4.78 is 6.43. The van der Waals surface area contributed by atoms with Crippen LogP contribution in [0.15, 0.2) is 29.1 Å². The maximum atomic E-state index is 11.6. The molecule has 0 N–H and O–H groups in total. The normalized spacial score (nSPS) is 13.9. The molecule has 2 aromatic rings. The summed E-state index contributed by atoms with van der Waals surface area (Å²) >= 11 is 0. The Morgan fingerprint density at radius 2 is 2.06 bits per heavy atom. The summed E-state index contributed by atoms with van der Waals surface area (Å²) in [7, 11) is 0. The Balaban J connectivity index is 2.58. The number of carbonyl (C=O) groups excluding carboxylic acids is 1. The summed E-state index contributed by atoms with van der Waals surface area (Å²) in [5.74, 6) is -0.362. The number of hydrogen-bond donors (Lipinski definition) is 0. The molecule has 80 valence electrons. The highest BCUT2D eigenvalue weighted by Gasteiger charge is 2.21. The summed E-state index contributed by atoms with van der Waals surface area (Å²) in [6.07, 6.45) is 0. The van der Waals surface area contributed by atoms with Crippen molar-refractivity contribution in [1.29, 1.82) is 0 Å². The standard InChI is InChI=1S/C12H9NO3/c1-7-4-8-2-3-10(14)13-6-16-12(15)9(5-7)11(8)13/h2-5H,6H2,1H3. The van der Waals surface area contributed by atoms with E-state index in [0.717, 1.165) is 10.9 Å². The van der Waals surface area contributed by atoms with Crippen molar-refractivity contribution in [2.24, 2.45) is 0 Å². The predicted molar refractivity (Wildman–Crippen MR) is 58.4 cm³/mol. The number of cyclic esters (lactones) is 1. The molecule has 0 aliphatic carbocycles. The minimum atomic E-state index is -0.362. The number of carbonyl (C=O) groups is 1. The molecule has 0 atom stereocenters. The van der Waals surface area contributed by atoms with Crippen molar-refractivity contribution in [3.63, 3.8) is 0 Å². The van der Waals surface area contributed by atoms with E-state index < -0.39 is 0 Å². The molecule has 4 nitrogen and oxygen atoms in total. The number of nitrogens with zero attached hydrogens (tertiary/aromatic N) is 1. The second-order valence-electron chi connectivity index (χ2n) is 3.91. The van der Waals surface area contributed by atoms with E-state index in [2.05, 4.69) is 0 Å². The minimum Gasteiger partial charge on any atom is -0.440 e. The lowest BCUT2D eigenvalue weighted by Crippen LogP contribution is -2.28. The zero-order valence-electron chi connectivity index (χ0n) is 8.69. The highest BCUT2D eigenvalue weighted by molar-refractivity contribution is 6.04. The van der Waals surface area contributed by atoms with Crippen LogP contribution in [0.3, 0.4) is 0 Å². The van der Waals surface area contributed by atoms with E-state index >= 15 is 0 Å². The second-order valence-corrected chi connectivity index (χ2v) is 3.91. The van der Waals surface area contributed by atoms with Gasteiger partial charge in [-0.2, -0.15) is 0 Å². The van der Waals surface area contributed by atoms with Gasteiger partial charge in [0, 0.05) is 6.07 Å². The number of ether oxygens (including phenoxy) is 1. The molecule has 0 saturated heterocycles. The summed E-state index contributed by atoms with van der Waals surface area (Å²) in [5, 5.41) is 0.895. The van der Waals surface area contributed by atoms with Crippen LogP contribution in [0.2, 0.25) is 0 Å². The monoisotopic (exact) mass is 215 g/mol. The van der Waals surface area contributed by atoms with Crippen molar-refractivity contribution in [1.82, 2.24) is 4.57 Å². The van der Waals surface area contributed by atoms with Crippen LogP contribution >= 0.6 is 0 Å². The number of hydrogen-bond acceptors (Lipinski definition) is 3. The van der Waals surface area contributed by atoms with Gasteiger partial charge in [0.2, 0.25) is 0 Å². The molecule has 0 fully saturated rings. The van der Waals surface area contributed by atoms with E-state index in [1.165, 1.54) is 10.6 Å². The molecule has 0 bridgehead atoms. The molecular formula is C12H9NO3. The lowest BCUT2D eigenvalue weighted by molar-refractivity contribution is 0.0346. The Labute approximate surface area is 91.1 Å². The van der Waals surface area contributed by atoms with Crippen LogP contribution in [0.1, 0.15) is 15.9 Å². The van der Waals surface area contributed by atoms with Crippen LogP contribution in [0.4, 0.5) is 0 Å². The van der Waals surface area contributed by atoms with E-state index in [1.807, 2.05) is 13.0 Å². The molecule has 1 aromatic heterocycles. The lowest BCUT2D eigenvalue weighted by atomic mass is 10.0. The van der Waals surface area contributed by atoms with Crippen LogP contribution in [0.5, 0.6) is 0 Å². The Kier molecular flexibility index (Phi) is 1.68. The molecule has 0 unspecified atom stereocenters. The highest BCUT2D eigenvalue weighted by Crippen LogP contribution is 2.23. The fraction of sp³-hybridized carbons (Fsp3) is 0.167. The molecule has 1 aliphatic heterocycles. The SMILES string of the molecule is Cc1cc2c3c(ccc(=O)n3COC2=O)c1. The van der Waals surface area contributed by atoms with Gasteiger partial charge in [-0.15, -0.1) is 0 Å². The maximum Gasteiger partial charge on any atom is 0.342 e. The molecule has 0 saturated carbocycles. The predicted octanol–water partition coefficient (Wildman–Crippen LogP) is 1.44. The molecule has 1 aromatic carbocycles. The molecule has 0 amide bonds. The second kappa shape index (κ2) is 2.95. The zero-order valence-corrected chi connectivity index (χ0v) is 8.69. The number of aromatic nitrogens is 1. The van der Waals surface area contributed by atoms with Crippen molar-refractivity contribution in [2.75, 3.05) is 0 Å². The average Bonchev–Trinajstić information content (AvgIpc) is 2.26. The summed E-state index contributed by atoms with van der Waals surface area (Å²) in [4.78, 5) is 23.2. The van der Waals surface area contributed by atoms with Crippen molar-refractivity contribution in [2.45, 2.75) is 13.7 Å². The number of benzene rings is 1. The van der Waals surface area contributed by atoms with E-state index in [9.17, 15) is 9.59 Å². The summed E-state index contributed by atoms with van der Waals surface area (Å²) in [5.41, 5.74) is 1.98. The molecule has 4 heteroatoms. The number of aryl methyl sites for hydroxylation is 1. The number of esters is 1. The van der Waals surface area contributed by atoms with Gasteiger partial charge in [-0.05, 0) is 36.1 Å². The van der Waals surface area contributed by atoms with Crippen molar-refractivity contribution in [3.05, 3.63) is 45.7 Å². The molecule has 3 rings (SSSR count). The van der Waals surface area contributed by atoms with Crippen LogP contribution in [-0.2, 0) is 11.5 Å². The van der Waals surface area contributed by atoms with Gasteiger partial charge in [0.1, 0.15) is 0 Å². The lowest BCUT2D eigenvalue weighted by Gasteiger charge is -2.19. The van der Waals surface area contributed by atoms with E-state index in [0.29, 0.717) is 11.1 Å². The van der Waals surface area contributed by atoms with Crippen LogP contribution in [0, 0.1) is 6.92 Å². The van der Waals surface area contributed by atoms with Gasteiger partial charge in [-0.3, -0.25) is 9.36 Å². The Morgan fingerprint density at radius 3 is 2.88 bits per heavy atom. The third-order valence-electron chi connectivity index (χ3n) is 2.77. The fourth-order valence-electron chi connectivity index (χ4n) is 2.08. The molecule has 0 radical (unpaired) electrons. The Bertz CT molecular complexity index is 670. The quantitative estimate of drug-likeness (QED) is 0.625. The van der Waals surface area contributed by atoms with Gasteiger partial charge in [-0.1, -0.05) is 0 Å². The van der Waals surface area contributed by atoms with Gasteiger partial charge >= 0.3 is 5.97 Å². The number of pyridine rings is 1. The summed E-state index contributed by atoms with van der Waals surface area (Å²) in [6.45, 7) is 1.92. The van der Waals surface area contributed by atoms with Gasteiger partial charge in [0.25, 0.3) is 5.56 Å². The third kappa shape index (κ3) is 1.10. The first-order valence-corrected chi connectivity index (χ1v) is 4.98. The molecule has 16 heavy (non-hydrogen) atoms. The Hall–Kier alpha value is -2.10. The molecule has 1 aliphatic rings. The van der Waals surface area contributed by atoms with Gasteiger partial charge < -0.3 is 4.74 Å². The largest absolute Gasteiger partial charge is 0.440 e. The first kappa shape index (κ1) is 9.15. The Morgan fingerprint density at radius 1 is 1.25 bits per heavy atom. The molecule has 0 spiro atoms.